The molecule has 6 nitrogen and oxygen atoms in total. The lowest BCUT2D eigenvalue weighted by atomic mass is 10.0. The van der Waals surface area contributed by atoms with E-state index in [0.717, 1.165) is 21.6 Å². The number of urea groups is 1. The van der Waals surface area contributed by atoms with E-state index in [-0.39, 0.29) is 6.54 Å². The summed E-state index contributed by atoms with van der Waals surface area (Å²) in [6.07, 6.45) is 0. The summed E-state index contributed by atoms with van der Waals surface area (Å²) >= 11 is 5.87. The van der Waals surface area contributed by atoms with Crippen LogP contribution in [0.3, 0.4) is 0 Å². The third kappa shape index (κ3) is 3.80. The molecule has 1 aliphatic heterocycles. The molecule has 0 spiro atoms. The number of amides is 4. The van der Waals surface area contributed by atoms with Crippen LogP contribution in [-0.2, 0) is 9.59 Å². The van der Waals surface area contributed by atoms with E-state index in [0.29, 0.717) is 16.4 Å². The van der Waals surface area contributed by atoms with Crippen LogP contribution >= 0.6 is 11.6 Å². The highest BCUT2D eigenvalue weighted by Gasteiger charge is 2.39. The number of imide groups is 1. The Morgan fingerprint density at radius 3 is 2.30 bits per heavy atom. The Morgan fingerprint density at radius 2 is 1.70 bits per heavy atom. The highest BCUT2D eigenvalue weighted by atomic mass is 35.5. The zero-order valence-electron chi connectivity index (χ0n) is 15.3. The lowest BCUT2D eigenvalue weighted by molar-refractivity contribution is -0.130. The summed E-state index contributed by atoms with van der Waals surface area (Å²) in [7, 11) is 0. The predicted molar refractivity (Wildman–Crippen MR) is 105 cm³/mol. The van der Waals surface area contributed by atoms with Crippen LogP contribution in [0.15, 0.2) is 36.4 Å². The number of hydrogen-bond acceptors (Lipinski definition) is 3. The van der Waals surface area contributed by atoms with Crippen LogP contribution in [0.4, 0.5) is 16.2 Å². The Hall–Kier alpha value is -2.86. The molecule has 1 heterocycles. The van der Waals surface area contributed by atoms with Crippen LogP contribution < -0.4 is 15.5 Å². The number of carbonyl (C=O) groups excluding carboxylic acids is 3. The summed E-state index contributed by atoms with van der Waals surface area (Å²) < 4.78 is 0. The molecule has 1 fully saturated rings. The van der Waals surface area contributed by atoms with Crippen molar-refractivity contribution in [3.05, 3.63) is 58.1 Å². The molecule has 1 atom stereocenters. The molecule has 4 amide bonds. The van der Waals surface area contributed by atoms with E-state index < -0.39 is 23.8 Å². The summed E-state index contributed by atoms with van der Waals surface area (Å²) in [6, 6.07) is 9.66. The van der Waals surface area contributed by atoms with Gasteiger partial charge in [0.1, 0.15) is 5.92 Å². The fourth-order valence-corrected chi connectivity index (χ4v) is 3.36. The zero-order valence-corrected chi connectivity index (χ0v) is 16.1. The molecule has 2 aromatic rings. The molecule has 2 aromatic carbocycles. The average Bonchev–Trinajstić information content (AvgIpc) is 2.59. The molecule has 1 unspecified atom stereocenters. The molecular formula is C20H20ClN3O3. The Balaban J connectivity index is 1.84. The summed E-state index contributed by atoms with van der Waals surface area (Å²) in [4.78, 5) is 38.8. The van der Waals surface area contributed by atoms with Crippen LogP contribution in [-0.4, -0.2) is 24.4 Å². The first-order valence-electron chi connectivity index (χ1n) is 8.54. The van der Waals surface area contributed by atoms with Crippen LogP contribution in [0.5, 0.6) is 0 Å². The zero-order chi connectivity index (χ0) is 19.7. The van der Waals surface area contributed by atoms with Crippen molar-refractivity contribution in [1.29, 1.82) is 0 Å². The second-order valence-electron chi connectivity index (χ2n) is 6.65. The SMILES string of the molecule is Cc1cc(C)c(NC(=O)C2CNC(=O)N(c3ccc(Cl)cc3)C2=O)c(C)c1. The Bertz CT molecular complexity index is 902. The number of anilines is 2. The lowest BCUT2D eigenvalue weighted by Gasteiger charge is -2.31. The fourth-order valence-electron chi connectivity index (χ4n) is 3.24. The summed E-state index contributed by atoms with van der Waals surface area (Å²) in [5, 5.41) is 5.94. The largest absolute Gasteiger partial charge is 0.336 e. The molecule has 0 saturated carbocycles. The molecule has 3 rings (SSSR count). The van der Waals surface area contributed by atoms with Gasteiger partial charge in [-0.25, -0.2) is 9.69 Å². The quantitative estimate of drug-likeness (QED) is 0.792. The van der Waals surface area contributed by atoms with E-state index in [1.54, 1.807) is 24.3 Å². The smallest absolute Gasteiger partial charge is 0.328 e. The van der Waals surface area contributed by atoms with Gasteiger partial charge in [0.05, 0.1) is 5.69 Å². The van der Waals surface area contributed by atoms with Crippen molar-refractivity contribution < 1.29 is 14.4 Å². The minimum atomic E-state index is -1.02. The Labute approximate surface area is 162 Å². The molecule has 27 heavy (non-hydrogen) atoms. The second-order valence-corrected chi connectivity index (χ2v) is 7.09. The number of nitrogens with one attached hydrogen (secondary N) is 2. The second kappa shape index (κ2) is 7.40. The van der Waals surface area contributed by atoms with Crippen molar-refractivity contribution in [3.63, 3.8) is 0 Å². The maximum atomic E-state index is 12.8. The van der Waals surface area contributed by atoms with Crippen molar-refractivity contribution in [2.24, 2.45) is 5.92 Å². The van der Waals surface area contributed by atoms with Gasteiger partial charge in [-0.3, -0.25) is 9.59 Å². The minimum Gasteiger partial charge on any atom is -0.336 e. The maximum Gasteiger partial charge on any atom is 0.328 e. The third-order valence-corrected chi connectivity index (χ3v) is 4.76. The van der Waals surface area contributed by atoms with E-state index in [4.69, 9.17) is 11.6 Å². The molecule has 1 aliphatic rings. The average molecular weight is 386 g/mol. The van der Waals surface area contributed by atoms with Gasteiger partial charge in [-0.1, -0.05) is 29.3 Å². The highest BCUT2D eigenvalue weighted by molar-refractivity contribution is 6.30. The third-order valence-electron chi connectivity index (χ3n) is 4.51. The topological polar surface area (TPSA) is 78.5 Å². The lowest BCUT2D eigenvalue weighted by Crippen LogP contribution is -2.58. The van der Waals surface area contributed by atoms with Crippen LogP contribution in [0.1, 0.15) is 16.7 Å². The van der Waals surface area contributed by atoms with Gasteiger partial charge in [-0.05, 0) is 56.2 Å². The van der Waals surface area contributed by atoms with Gasteiger partial charge in [-0.15, -0.1) is 0 Å². The number of nitrogens with zero attached hydrogens (tertiary/aromatic N) is 1. The molecular weight excluding hydrogens is 366 g/mol. The van der Waals surface area contributed by atoms with Crippen molar-refractivity contribution in [2.75, 3.05) is 16.8 Å². The standard InChI is InChI=1S/C20H20ClN3O3/c1-11-8-12(2)17(13(3)9-11)23-18(25)16-10-22-20(27)24(19(16)26)15-6-4-14(21)5-7-15/h4-9,16H,10H2,1-3H3,(H,22,27)(H,23,25). The van der Waals surface area contributed by atoms with Gasteiger partial charge in [-0.2, -0.15) is 0 Å². The van der Waals surface area contributed by atoms with E-state index in [9.17, 15) is 14.4 Å². The molecule has 7 heteroatoms. The minimum absolute atomic E-state index is 0.0441. The summed E-state index contributed by atoms with van der Waals surface area (Å²) in [6.45, 7) is 5.74. The van der Waals surface area contributed by atoms with Crippen molar-refractivity contribution in [2.45, 2.75) is 20.8 Å². The number of halogens is 1. The van der Waals surface area contributed by atoms with Gasteiger partial charge in [0.15, 0.2) is 0 Å². The maximum absolute atomic E-state index is 12.8. The predicted octanol–water partition coefficient (Wildman–Crippen LogP) is 3.58. The fraction of sp³-hybridized carbons (Fsp3) is 0.250. The molecule has 140 valence electrons. The van der Waals surface area contributed by atoms with Crippen LogP contribution in [0, 0.1) is 26.7 Å². The number of rotatable bonds is 3. The molecule has 0 aliphatic carbocycles. The van der Waals surface area contributed by atoms with Gasteiger partial charge in [0.2, 0.25) is 11.8 Å². The molecule has 2 N–H and O–H groups in total. The first kappa shape index (κ1) is 18.9. The summed E-state index contributed by atoms with van der Waals surface area (Å²) in [5.74, 6) is -2.03. The van der Waals surface area contributed by atoms with E-state index >= 15 is 0 Å². The highest BCUT2D eigenvalue weighted by Crippen LogP contribution is 2.25. The first-order valence-corrected chi connectivity index (χ1v) is 8.92. The molecule has 0 radical (unpaired) electrons. The van der Waals surface area contributed by atoms with Gasteiger partial charge in [0.25, 0.3) is 0 Å². The Kier molecular flexibility index (Phi) is 5.19. The van der Waals surface area contributed by atoms with Crippen LogP contribution in [0.25, 0.3) is 0 Å². The number of carbonyl (C=O) groups is 3. The van der Waals surface area contributed by atoms with E-state index in [1.165, 1.54) is 0 Å². The van der Waals surface area contributed by atoms with Gasteiger partial charge in [0, 0.05) is 17.3 Å². The van der Waals surface area contributed by atoms with Crippen LogP contribution in [0.2, 0.25) is 5.02 Å². The van der Waals surface area contributed by atoms with Crippen molar-refractivity contribution >= 4 is 40.8 Å². The number of benzene rings is 2. The Morgan fingerprint density at radius 1 is 1.11 bits per heavy atom. The monoisotopic (exact) mass is 385 g/mol. The van der Waals surface area contributed by atoms with E-state index in [2.05, 4.69) is 10.6 Å². The number of hydrogen-bond donors (Lipinski definition) is 2. The van der Waals surface area contributed by atoms with Crippen molar-refractivity contribution in [1.82, 2.24) is 5.32 Å². The molecule has 1 saturated heterocycles. The van der Waals surface area contributed by atoms with Crippen molar-refractivity contribution in [3.8, 4) is 0 Å². The molecule has 0 aromatic heterocycles. The molecule has 0 bridgehead atoms. The number of aryl methyl sites for hydroxylation is 3. The van der Waals surface area contributed by atoms with Gasteiger partial charge < -0.3 is 10.6 Å². The van der Waals surface area contributed by atoms with E-state index in [1.807, 2.05) is 32.9 Å². The van der Waals surface area contributed by atoms with Gasteiger partial charge >= 0.3 is 6.03 Å². The first-order chi connectivity index (χ1) is 12.8. The normalized spacial score (nSPS) is 16.9. The summed E-state index contributed by atoms with van der Waals surface area (Å²) in [5.41, 5.74) is 3.98.